The molecule has 96 valence electrons. The molecular weight excluding hydrogens is 262 g/mol. The molecule has 1 aliphatic heterocycles. The van der Waals surface area contributed by atoms with Crippen molar-refractivity contribution in [3.63, 3.8) is 0 Å². The molecule has 1 amide bonds. The number of hydrogen-bond donors (Lipinski definition) is 2. The van der Waals surface area contributed by atoms with Gasteiger partial charge >= 0.3 is 5.97 Å². The molecule has 0 bridgehead atoms. The SMILES string of the molecule is O=C(Nc1ccc(Cl)nn1)[C@@H]1CC[C@H](C(=O)O)O1. The van der Waals surface area contributed by atoms with E-state index in [0.717, 1.165) is 0 Å². The van der Waals surface area contributed by atoms with Gasteiger partial charge in [0.2, 0.25) is 0 Å². The maximum Gasteiger partial charge on any atom is 0.332 e. The summed E-state index contributed by atoms with van der Waals surface area (Å²) in [6, 6.07) is 2.98. The van der Waals surface area contributed by atoms with Gasteiger partial charge in [-0.2, -0.15) is 0 Å². The third kappa shape index (κ3) is 2.93. The molecule has 0 saturated carbocycles. The molecule has 0 spiro atoms. The van der Waals surface area contributed by atoms with Crippen LogP contribution in [0.4, 0.5) is 5.82 Å². The van der Waals surface area contributed by atoms with Crippen LogP contribution in [-0.4, -0.2) is 39.4 Å². The zero-order valence-corrected chi connectivity index (χ0v) is 9.92. The van der Waals surface area contributed by atoms with Gasteiger partial charge in [-0.05, 0) is 25.0 Å². The summed E-state index contributed by atoms with van der Waals surface area (Å²) in [5.74, 6) is -1.25. The van der Waals surface area contributed by atoms with E-state index in [4.69, 9.17) is 21.4 Å². The van der Waals surface area contributed by atoms with Crippen LogP contribution in [0.25, 0.3) is 0 Å². The molecule has 8 heteroatoms. The first-order valence-electron chi connectivity index (χ1n) is 5.24. The van der Waals surface area contributed by atoms with E-state index < -0.39 is 24.1 Å². The summed E-state index contributed by atoms with van der Waals surface area (Å²) in [5, 5.41) is 18.7. The van der Waals surface area contributed by atoms with Crippen molar-refractivity contribution in [3.8, 4) is 0 Å². The number of carboxylic acids is 1. The van der Waals surface area contributed by atoms with Gasteiger partial charge < -0.3 is 15.2 Å². The summed E-state index contributed by atoms with van der Waals surface area (Å²) in [7, 11) is 0. The van der Waals surface area contributed by atoms with Crippen molar-refractivity contribution in [1.82, 2.24) is 10.2 Å². The predicted octanol–water partition coefficient (Wildman–Crippen LogP) is 0.701. The number of aliphatic carboxylic acids is 1. The van der Waals surface area contributed by atoms with Gasteiger partial charge in [0, 0.05) is 0 Å². The lowest BCUT2D eigenvalue weighted by atomic mass is 10.2. The number of anilines is 1. The van der Waals surface area contributed by atoms with Gasteiger partial charge in [0.05, 0.1) is 0 Å². The van der Waals surface area contributed by atoms with E-state index in [1.54, 1.807) is 0 Å². The molecule has 0 aliphatic carbocycles. The molecule has 7 nitrogen and oxygen atoms in total. The topological polar surface area (TPSA) is 101 Å². The number of rotatable bonds is 3. The summed E-state index contributed by atoms with van der Waals surface area (Å²) in [6.45, 7) is 0. The van der Waals surface area contributed by atoms with Gasteiger partial charge in [0.15, 0.2) is 17.1 Å². The second kappa shape index (κ2) is 5.28. The maximum atomic E-state index is 11.7. The Kier molecular flexibility index (Phi) is 3.73. The summed E-state index contributed by atoms with van der Waals surface area (Å²) in [5.41, 5.74) is 0. The molecular formula is C10H10ClN3O4. The molecule has 0 unspecified atom stereocenters. The molecule has 1 saturated heterocycles. The van der Waals surface area contributed by atoms with Crippen molar-refractivity contribution < 1.29 is 19.4 Å². The second-order valence-electron chi connectivity index (χ2n) is 3.76. The Morgan fingerprint density at radius 2 is 2.06 bits per heavy atom. The van der Waals surface area contributed by atoms with Crippen LogP contribution in [-0.2, 0) is 14.3 Å². The van der Waals surface area contributed by atoms with Gasteiger partial charge in [-0.15, -0.1) is 10.2 Å². The number of hydrogen-bond acceptors (Lipinski definition) is 5. The zero-order chi connectivity index (χ0) is 13.1. The van der Waals surface area contributed by atoms with Crippen LogP contribution in [0.5, 0.6) is 0 Å². The van der Waals surface area contributed by atoms with Gasteiger partial charge in [-0.25, -0.2) is 4.79 Å². The molecule has 2 atom stereocenters. The van der Waals surface area contributed by atoms with Gasteiger partial charge in [-0.1, -0.05) is 11.6 Å². The fraction of sp³-hybridized carbons (Fsp3) is 0.400. The second-order valence-corrected chi connectivity index (χ2v) is 4.15. The number of carbonyl (C=O) groups excluding carboxylic acids is 1. The Morgan fingerprint density at radius 3 is 2.61 bits per heavy atom. The van der Waals surface area contributed by atoms with E-state index in [-0.39, 0.29) is 11.0 Å². The predicted molar refractivity (Wildman–Crippen MR) is 61.2 cm³/mol. The number of ether oxygens (including phenoxy) is 1. The summed E-state index contributed by atoms with van der Waals surface area (Å²) in [6.07, 6.45) is -1.01. The van der Waals surface area contributed by atoms with E-state index in [0.29, 0.717) is 12.8 Å². The summed E-state index contributed by atoms with van der Waals surface area (Å²) >= 11 is 5.55. The van der Waals surface area contributed by atoms with Crippen molar-refractivity contribution in [2.45, 2.75) is 25.0 Å². The highest BCUT2D eigenvalue weighted by Gasteiger charge is 2.34. The monoisotopic (exact) mass is 271 g/mol. The van der Waals surface area contributed by atoms with Crippen LogP contribution in [0.2, 0.25) is 5.15 Å². The highest BCUT2D eigenvalue weighted by atomic mass is 35.5. The molecule has 1 aliphatic rings. The molecule has 2 heterocycles. The zero-order valence-electron chi connectivity index (χ0n) is 9.17. The lowest BCUT2D eigenvalue weighted by Crippen LogP contribution is -2.30. The van der Waals surface area contributed by atoms with Gasteiger partial charge in [-0.3, -0.25) is 4.79 Å². The first kappa shape index (κ1) is 12.7. The summed E-state index contributed by atoms with van der Waals surface area (Å²) in [4.78, 5) is 22.4. The minimum Gasteiger partial charge on any atom is -0.479 e. The number of halogens is 1. The maximum absolute atomic E-state index is 11.7. The molecule has 1 aromatic heterocycles. The van der Waals surface area contributed by atoms with Crippen molar-refractivity contribution in [1.29, 1.82) is 0 Å². The average molecular weight is 272 g/mol. The molecule has 0 radical (unpaired) electrons. The Balaban J connectivity index is 1.93. The average Bonchev–Trinajstić information content (AvgIpc) is 2.81. The molecule has 1 fully saturated rings. The van der Waals surface area contributed by atoms with E-state index >= 15 is 0 Å². The largest absolute Gasteiger partial charge is 0.479 e. The highest BCUT2D eigenvalue weighted by Crippen LogP contribution is 2.21. The highest BCUT2D eigenvalue weighted by molar-refractivity contribution is 6.29. The molecule has 0 aromatic carbocycles. The Morgan fingerprint density at radius 1 is 1.33 bits per heavy atom. The smallest absolute Gasteiger partial charge is 0.332 e. The Bertz CT molecular complexity index is 465. The molecule has 1 aromatic rings. The first-order valence-corrected chi connectivity index (χ1v) is 5.62. The number of aromatic nitrogens is 2. The van der Waals surface area contributed by atoms with Crippen LogP contribution in [0, 0.1) is 0 Å². The number of nitrogens with one attached hydrogen (secondary N) is 1. The molecule has 18 heavy (non-hydrogen) atoms. The first-order chi connectivity index (χ1) is 8.56. The lowest BCUT2D eigenvalue weighted by molar-refractivity contribution is -0.150. The Hall–Kier alpha value is -1.73. The van der Waals surface area contributed by atoms with E-state index in [1.807, 2.05) is 0 Å². The number of nitrogens with zero attached hydrogens (tertiary/aromatic N) is 2. The van der Waals surface area contributed by atoms with Crippen molar-refractivity contribution in [2.75, 3.05) is 5.32 Å². The number of carbonyl (C=O) groups is 2. The third-order valence-corrected chi connectivity index (χ3v) is 2.67. The molecule has 2 N–H and O–H groups in total. The van der Waals surface area contributed by atoms with Gasteiger partial charge in [0.1, 0.15) is 6.10 Å². The number of carboxylic acid groups (broad SMARTS) is 1. The fourth-order valence-electron chi connectivity index (χ4n) is 1.60. The molecule has 2 rings (SSSR count). The fourth-order valence-corrected chi connectivity index (χ4v) is 1.70. The van der Waals surface area contributed by atoms with Crippen LogP contribution in [0.3, 0.4) is 0 Å². The minimum absolute atomic E-state index is 0.219. The van der Waals surface area contributed by atoms with Crippen molar-refractivity contribution >= 4 is 29.3 Å². The quantitative estimate of drug-likeness (QED) is 0.839. The minimum atomic E-state index is -1.06. The number of amides is 1. The van der Waals surface area contributed by atoms with Crippen LogP contribution in [0.15, 0.2) is 12.1 Å². The Labute approximate surface area is 107 Å². The van der Waals surface area contributed by atoms with Crippen molar-refractivity contribution in [2.24, 2.45) is 0 Å². The van der Waals surface area contributed by atoms with Crippen LogP contribution >= 0.6 is 11.6 Å². The third-order valence-electron chi connectivity index (χ3n) is 2.47. The van der Waals surface area contributed by atoms with Crippen LogP contribution < -0.4 is 5.32 Å². The standard InChI is InChI=1S/C10H10ClN3O4/c11-7-3-4-8(14-13-7)12-9(15)5-1-2-6(18-5)10(16)17/h3-6H,1-2H2,(H,16,17)(H,12,14,15)/t5-,6+/m0/s1. The van der Waals surface area contributed by atoms with Crippen LogP contribution in [0.1, 0.15) is 12.8 Å². The lowest BCUT2D eigenvalue weighted by Gasteiger charge is -2.10. The van der Waals surface area contributed by atoms with Gasteiger partial charge in [0.25, 0.3) is 5.91 Å². The van der Waals surface area contributed by atoms with E-state index in [2.05, 4.69) is 15.5 Å². The van der Waals surface area contributed by atoms with E-state index in [1.165, 1.54) is 12.1 Å². The summed E-state index contributed by atoms with van der Waals surface area (Å²) < 4.78 is 5.09. The normalized spacial score (nSPS) is 22.7. The van der Waals surface area contributed by atoms with E-state index in [9.17, 15) is 9.59 Å². The van der Waals surface area contributed by atoms with Crippen molar-refractivity contribution in [3.05, 3.63) is 17.3 Å².